The van der Waals surface area contributed by atoms with Crippen molar-refractivity contribution in [2.24, 2.45) is 0 Å². The van der Waals surface area contributed by atoms with E-state index in [4.69, 9.17) is 4.74 Å². The normalized spacial score (nSPS) is 22.7. The van der Waals surface area contributed by atoms with E-state index in [1.54, 1.807) is 0 Å². The molecule has 0 bridgehead atoms. The lowest BCUT2D eigenvalue weighted by molar-refractivity contribution is -0.0386. The first-order valence-corrected chi connectivity index (χ1v) is 7.62. The molecular weight excluding hydrogens is 264 g/mol. The fourth-order valence-electron chi connectivity index (χ4n) is 3.02. The van der Waals surface area contributed by atoms with Gasteiger partial charge < -0.3 is 14.2 Å². The maximum Gasteiger partial charge on any atom is 0.256 e. The third-order valence-corrected chi connectivity index (χ3v) is 4.23. The number of amides is 1. The number of hydrogen-bond acceptors (Lipinski definition) is 2. The highest BCUT2D eigenvalue weighted by atomic mass is 16.5. The van der Waals surface area contributed by atoms with E-state index in [1.165, 1.54) is 0 Å². The summed E-state index contributed by atoms with van der Waals surface area (Å²) in [5.41, 5.74) is 1.92. The van der Waals surface area contributed by atoms with Gasteiger partial charge in [-0.15, -0.1) is 0 Å². The van der Waals surface area contributed by atoms with Crippen molar-refractivity contribution in [1.82, 2.24) is 9.47 Å². The predicted molar refractivity (Wildman–Crippen MR) is 83.5 cm³/mol. The number of ether oxygens (including phenoxy) is 1. The van der Waals surface area contributed by atoms with Crippen molar-refractivity contribution in [3.8, 4) is 0 Å². The number of rotatable bonds is 2. The molecule has 2 heterocycles. The smallest absolute Gasteiger partial charge is 0.256 e. The van der Waals surface area contributed by atoms with Crippen molar-refractivity contribution in [3.63, 3.8) is 0 Å². The van der Waals surface area contributed by atoms with E-state index in [0.717, 1.165) is 23.0 Å². The minimum atomic E-state index is 0.102. The molecule has 1 aliphatic rings. The molecule has 1 aromatic carbocycles. The lowest BCUT2D eigenvalue weighted by atomic mass is 10.1. The number of fused-ring (bicyclic) bond motifs is 1. The SMILES string of the molecule is CCn1cc(C(=O)N2C[C@H](C)OC[C@H]2C)c2ccccc21. The number of aromatic nitrogens is 1. The summed E-state index contributed by atoms with van der Waals surface area (Å²) < 4.78 is 7.76. The Hall–Kier alpha value is -1.81. The highest BCUT2D eigenvalue weighted by Gasteiger charge is 2.29. The second-order valence-electron chi connectivity index (χ2n) is 5.80. The van der Waals surface area contributed by atoms with Crippen LogP contribution in [0.3, 0.4) is 0 Å². The zero-order valence-corrected chi connectivity index (χ0v) is 12.9. The Kier molecular flexibility index (Phi) is 3.72. The first-order chi connectivity index (χ1) is 10.1. The van der Waals surface area contributed by atoms with Crippen LogP contribution in [0.4, 0.5) is 0 Å². The lowest BCUT2D eigenvalue weighted by Crippen LogP contribution is -2.50. The summed E-state index contributed by atoms with van der Waals surface area (Å²) in [5, 5.41) is 1.04. The number of hydrogen-bond donors (Lipinski definition) is 0. The molecule has 1 fully saturated rings. The van der Waals surface area contributed by atoms with Crippen LogP contribution >= 0.6 is 0 Å². The molecule has 0 saturated carbocycles. The van der Waals surface area contributed by atoms with Crippen molar-refractivity contribution in [1.29, 1.82) is 0 Å². The molecule has 0 spiro atoms. The van der Waals surface area contributed by atoms with Crippen LogP contribution in [0.2, 0.25) is 0 Å². The monoisotopic (exact) mass is 286 g/mol. The van der Waals surface area contributed by atoms with Gasteiger partial charge >= 0.3 is 0 Å². The summed E-state index contributed by atoms with van der Waals surface area (Å²) in [6.07, 6.45) is 2.09. The first-order valence-electron chi connectivity index (χ1n) is 7.62. The molecule has 0 unspecified atom stereocenters. The topological polar surface area (TPSA) is 34.5 Å². The first kappa shape index (κ1) is 14.1. The molecule has 2 aromatic rings. The molecule has 0 radical (unpaired) electrons. The molecule has 3 rings (SSSR count). The van der Waals surface area contributed by atoms with Gasteiger partial charge in [-0.25, -0.2) is 0 Å². The molecule has 4 heteroatoms. The summed E-state index contributed by atoms with van der Waals surface area (Å²) in [5.74, 6) is 0.112. The van der Waals surface area contributed by atoms with Crippen LogP contribution < -0.4 is 0 Å². The molecule has 21 heavy (non-hydrogen) atoms. The van der Waals surface area contributed by atoms with E-state index >= 15 is 0 Å². The van der Waals surface area contributed by atoms with Crippen molar-refractivity contribution >= 4 is 16.8 Å². The van der Waals surface area contributed by atoms with Gasteiger partial charge in [-0.05, 0) is 26.8 Å². The van der Waals surface area contributed by atoms with Gasteiger partial charge in [-0.3, -0.25) is 4.79 Å². The molecule has 1 aromatic heterocycles. The number of morpholine rings is 1. The number of carbonyl (C=O) groups is 1. The zero-order valence-electron chi connectivity index (χ0n) is 12.9. The Morgan fingerprint density at radius 1 is 1.33 bits per heavy atom. The third-order valence-electron chi connectivity index (χ3n) is 4.23. The number of carbonyl (C=O) groups excluding carboxylic acids is 1. The van der Waals surface area contributed by atoms with E-state index < -0.39 is 0 Å². The van der Waals surface area contributed by atoms with Crippen molar-refractivity contribution < 1.29 is 9.53 Å². The van der Waals surface area contributed by atoms with Crippen LogP contribution in [-0.2, 0) is 11.3 Å². The van der Waals surface area contributed by atoms with Gasteiger partial charge in [0.1, 0.15) is 0 Å². The fraction of sp³-hybridized carbons (Fsp3) is 0.471. The summed E-state index contributed by atoms with van der Waals surface area (Å²) >= 11 is 0. The number of benzene rings is 1. The van der Waals surface area contributed by atoms with E-state index in [-0.39, 0.29) is 18.1 Å². The molecule has 1 aliphatic heterocycles. The molecule has 1 saturated heterocycles. The average Bonchev–Trinajstić information content (AvgIpc) is 2.88. The van der Waals surface area contributed by atoms with Crippen LogP contribution in [0.1, 0.15) is 31.1 Å². The van der Waals surface area contributed by atoms with Crippen molar-refractivity contribution in [2.75, 3.05) is 13.2 Å². The van der Waals surface area contributed by atoms with E-state index in [9.17, 15) is 4.79 Å². The van der Waals surface area contributed by atoms with Crippen LogP contribution in [-0.4, -0.2) is 40.7 Å². The van der Waals surface area contributed by atoms with Crippen LogP contribution in [0.25, 0.3) is 10.9 Å². The van der Waals surface area contributed by atoms with Gasteiger partial charge in [0.15, 0.2) is 0 Å². The van der Waals surface area contributed by atoms with Gasteiger partial charge in [-0.2, -0.15) is 0 Å². The lowest BCUT2D eigenvalue weighted by Gasteiger charge is -2.36. The Morgan fingerprint density at radius 2 is 2.10 bits per heavy atom. The Bertz CT molecular complexity index is 662. The van der Waals surface area contributed by atoms with Crippen LogP contribution in [0.5, 0.6) is 0 Å². The molecule has 0 aliphatic carbocycles. The van der Waals surface area contributed by atoms with Gasteiger partial charge in [0.2, 0.25) is 0 Å². The number of nitrogens with zero attached hydrogens (tertiary/aromatic N) is 2. The Balaban J connectivity index is 2.01. The fourth-order valence-corrected chi connectivity index (χ4v) is 3.02. The maximum atomic E-state index is 13.0. The van der Waals surface area contributed by atoms with Gasteiger partial charge in [0.25, 0.3) is 5.91 Å². The summed E-state index contributed by atoms with van der Waals surface area (Å²) in [7, 11) is 0. The molecule has 1 amide bonds. The molecule has 2 atom stereocenters. The summed E-state index contributed by atoms with van der Waals surface area (Å²) in [6.45, 7) is 8.29. The highest BCUT2D eigenvalue weighted by molar-refractivity contribution is 6.07. The maximum absolute atomic E-state index is 13.0. The second kappa shape index (κ2) is 5.53. The number of aryl methyl sites for hydroxylation is 1. The molecule has 0 N–H and O–H groups in total. The molecule has 112 valence electrons. The average molecular weight is 286 g/mol. The van der Waals surface area contributed by atoms with Gasteiger partial charge in [-0.1, -0.05) is 18.2 Å². The van der Waals surface area contributed by atoms with Gasteiger partial charge in [0, 0.05) is 30.2 Å². The minimum Gasteiger partial charge on any atom is -0.375 e. The van der Waals surface area contributed by atoms with E-state index in [2.05, 4.69) is 17.6 Å². The quantitative estimate of drug-likeness (QED) is 0.850. The third kappa shape index (κ3) is 2.44. The second-order valence-corrected chi connectivity index (χ2v) is 5.80. The zero-order chi connectivity index (χ0) is 15.0. The van der Waals surface area contributed by atoms with E-state index in [1.807, 2.05) is 43.1 Å². The predicted octanol–water partition coefficient (Wildman–Crippen LogP) is 2.91. The van der Waals surface area contributed by atoms with Crippen molar-refractivity contribution in [2.45, 2.75) is 39.5 Å². The summed E-state index contributed by atoms with van der Waals surface area (Å²) in [6, 6.07) is 8.23. The van der Waals surface area contributed by atoms with Crippen LogP contribution in [0, 0.1) is 0 Å². The molecular formula is C17H22N2O2. The van der Waals surface area contributed by atoms with Gasteiger partial charge in [0.05, 0.1) is 24.3 Å². The van der Waals surface area contributed by atoms with Crippen LogP contribution in [0.15, 0.2) is 30.5 Å². The number of para-hydroxylation sites is 1. The standard InChI is InChI=1S/C17H22N2O2/c1-4-18-10-15(14-7-5-6-8-16(14)18)17(20)19-9-13(3)21-11-12(19)2/h5-8,10,12-13H,4,9,11H2,1-3H3/t12-,13+/m1/s1. The Morgan fingerprint density at radius 3 is 2.86 bits per heavy atom. The molecule has 4 nitrogen and oxygen atoms in total. The van der Waals surface area contributed by atoms with Crippen molar-refractivity contribution in [3.05, 3.63) is 36.0 Å². The minimum absolute atomic E-state index is 0.102. The summed E-state index contributed by atoms with van der Waals surface area (Å²) in [4.78, 5) is 14.9. The highest BCUT2D eigenvalue weighted by Crippen LogP contribution is 2.24. The van der Waals surface area contributed by atoms with E-state index in [0.29, 0.717) is 13.2 Å². The largest absolute Gasteiger partial charge is 0.375 e. The Labute approximate surface area is 125 Å².